The summed E-state index contributed by atoms with van der Waals surface area (Å²) in [4.78, 5) is 14.8. The first-order valence-corrected chi connectivity index (χ1v) is 8.53. The van der Waals surface area contributed by atoms with E-state index in [0.29, 0.717) is 24.4 Å². The second-order valence-corrected chi connectivity index (χ2v) is 7.74. The van der Waals surface area contributed by atoms with Crippen molar-refractivity contribution in [2.24, 2.45) is 5.92 Å². The maximum atomic E-state index is 12.2. The minimum Gasteiger partial charge on any atom is -0.349 e. The molecule has 3 unspecified atom stereocenters. The van der Waals surface area contributed by atoms with Crippen LogP contribution < -0.4 is 10.6 Å². The van der Waals surface area contributed by atoms with E-state index in [2.05, 4.69) is 36.6 Å². The lowest BCUT2D eigenvalue weighted by atomic mass is 9.89. The Bertz CT molecular complexity index is 473. The average molecular weight is 292 g/mol. The van der Waals surface area contributed by atoms with E-state index < -0.39 is 0 Å². The first kappa shape index (κ1) is 14.1. The maximum Gasteiger partial charge on any atom is 0.220 e. The second kappa shape index (κ2) is 5.86. The van der Waals surface area contributed by atoms with Crippen LogP contribution in [0.1, 0.15) is 54.8 Å². The number of carbonyl (C=O) groups is 1. The molecule has 4 heteroatoms. The van der Waals surface area contributed by atoms with E-state index in [1.807, 2.05) is 0 Å². The molecule has 2 aliphatic heterocycles. The Morgan fingerprint density at radius 2 is 2.10 bits per heavy atom. The maximum absolute atomic E-state index is 12.2. The quantitative estimate of drug-likeness (QED) is 0.895. The Balaban J connectivity index is 1.49. The molecule has 0 radical (unpaired) electrons. The topological polar surface area (TPSA) is 41.1 Å². The lowest BCUT2D eigenvalue weighted by Crippen LogP contribution is -2.39. The molecule has 20 heavy (non-hydrogen) atoms. The zero-order valence-corrected chi connectivity index (χ0v) is 13.1. The van der Waals surface area contributed by atoms with Gasteiger partial charge in [-0.3, -0.25) is 4.79 Å². The fourth-order valence-corrected chi connectivity index (χ4v) is 4.54. The van der Waals surface area contributed by atoms with Crippen LogP contribution in [0.4, 0.5) is 0 Å². The van der Waals surface area contributed by atoms with Crippen LogP contribution in [-0.2, 0) is 4.79 Å². The summed E-state index contributed by atoms with van der Waals surface area (Å²) in [7, 11) is 0. The van der Waals surface area contributed by atoms with Crippen LogP contribution in [-0.4, -0.2) is 18.0 Å². The van der Waals surface area contributed by atoms with Crippen molar-refractivity contribution < 1.29 is 4.79 Å². The van der Waals surface area contributed by atoms with Crippen LogP contribution >= 0.6 is 11.3 Å². The van der Waals surface area contributed by atoms with Crippen LogP contribution in [0.25, 0.3) is 0 Å². The van der Waals surface area contributed by atoms with Gasteiger partial charge in [-0.2, -0.15) is 0 Å². The summed E-state index contributed by atoms with van der Waals surface area (Å²) in [6.07, 6.45) is 5.65. The molecule has 2 saturated heterocycles. The molecule has 3 heterocycles. The molecule has 1 aromatic rings. The van der Waals surface area contributed by atoms with E-state index in [4.69, 9.17) is 0 Å². The molecule has 2 fully saturated rings. The zero-order chi connectivity index (χ0) is 14.1. The molecule has 1 amide bonds. The highest BCUT2D eigenvalue weighted by molar-refractivity contribution is 7.12. The standard InChI is InChI=1S/C16H24N2OS/c1-10-3-6-15(20-10)11(2)17-16(19)9-12-7-13-4-5-14(8-12)18-13/h3,6,11-14,18H,4-5,7-9H2,1-2H3,(H,17,19). The van der Waals surface area contributed by atoms with Gasteiger partial charge in [0.05, 0.1) is 6.04 Å². The Hall–Kier alpha value is -0.870. The zero-order valence-electron chi connectivity index (χ0n) is 12.3. The van der Waals surface area contributed by atoms with E-state index in [0.717, 1.165) is 0 Å². The van der Waals surface area contributed by atoms with Gasteiger partial charge in [-0.15, -0.1) is 11.3 Å². The molecular formula is C16H24N2OS. The van der Waals surface area contributed by atoms with Gasteiger partial charge >= 0.3 is 0 Å². The predicted octanol–water partition coefficient (Wildman–Crippen LogP) is 3.15. The summed E-state index contributed by atoms with van der Waals surface area (Å²) in [5.41, 5.74) is 0. The summed E-state index contributed by atoms with van der Waals surface area (Å²) in [6, 6.07) is 5.72. The summed E-state index contributed by atoms with van der Waals surface area (Å²) in [5.74, 6) is 0.792. The predicted molar refractivity (Wildman–Crippen MR) is 82.9 cm³/mol. The number of nitrogens with one attached hydrogen (secondary N) is 2. The minimum absolute atomic E-state index is 0.139. The highest BCUT2D eigenvalue weighted by Gasteiger charge is 2.34. The number of thiophene rings is 1. The highest BCUT2D eigenvalue weighted by Crippen LogP contribution is 2.32. The Morgan fingerprint density at radius 1 is 1.40 bits per heavy atom. The van der Waals surface area contributed by atoms with Crippen molar-refractivity contribution in [1.29, 1.82) is 0 Å². The van der Waals surface area contributed by atoms with Gasteiger partial charge in [-0.25, -0.2) is 0 Å². The molecular weight excluding hydrogens is 268 g/mol. The molecule has 2 bridgehead atoms. The Morgan fingerprint density at radius 3 is 2.70 bits per heavy atom. The number of carbonyl (C=O) groups excluding carboxylic acids is 1. The van der Waals surface area contributed by atoms with Gasteiger partial charge in [0, 0.05) is 28.3 Å². The first-order valence-electron chi connectivity index (χ1n) is 7.72. The number of fused-ring (bicyclic) bond motifs is 2. The Kier molecular flexibility index (Phi) is 4.13. The van der Waals surface area contributed by atoms with E-state index in [-0.39, 0.29) is 11.9 Å². The van der Waals surface area contributed by atoms with Gasteiger partial charge in [0.25, 0.3) is 0 Å². The molecule has 3 rings (SSSR count). The van der Waals surface area contributed by atoms with Crippen LogP contribution in [0.3, 0.4) is 0 Å². The first-order chi connectivity index (χ1) is 9.60. The third-order valence-electron chi connectivity index (χ3n) is 4.61. The molecule has 0 saturated carbocycles. The largest absolute Gasteiger partial charge is 0.349 e. The number of hydrogen-bond donors (Lipinski definition) is 2. The van der Waals surface area contributed by atoms with Crippen molar-refractivity contribution in [3.8, 4) is 0 Å². The summed E-state index contributed by atoms with van der Waals surface area (Å²) >= 11 is 1.77. The number of rotatable bonds is 4. The number of piperidine rings is 1. The van der Waals surface area contributed by atoms with E-state index in [1.54, 1.807) is 11.3 Å². The third kappa shape index (κ3) is 3.23. The van der Waals surface area contributed by atoms with Crippen LogP contribution in [0.2, 0.25) is 0 Å². The molecule has 1 aromatic heterocycles. The monoisotopic (exact) mass is 292 g/mol. The normalized spacial score (nSPS) is 30.2. The fourth-order valence-electron chi connectivity index (χ4n) is 3.66. The van der Waals surface area contributed by atoms with Crippen molar-refractivity contribution in [3.05, 3.63) is 21.9 Å². The van der Waals surface area contributed by atoms with E-state index >= 15 is 0 Å². The Labute approximate surface area is 125 Å². The van der Waals surface area contributed by atoms with Gasteiger partial charge in [0.15, 0.2) is 0 Å². The van der Waals surface area contributed by atoms with E-state index in [9.17, 15) is 4.79 Å². The third-order valence-corrected chi connectivity index (χ3v) is 5.79. The van der Waals surface area contributed by atoms with Crippen LogP contribution in [0.5, 0.6) is 0 Å². The summed E-state index contributed by atoms with van der Waals surface area (Å²) < 4.78 is 0. The second-order valence-electron chi connectivity index (χ2n) is 6.42. The molecule has 0 spiro atoms. The van der Waals surface area contributed by atoms with Crippen LogP contribution in [0.15, 0.2) is 12.1 Å². The fraction of sp³-hybridized carbons (Fsp3) is 0.688. The highest BCUT2D eigenvalue weighted by atomic mass is 32.1. The smallest absolute Gasteiger partial charge is 0.220 e. The average Bonchev–Trinajstić information content (AvgIpc) is 2.95. The lowest BCUT2D eigenvalue weighted by molar-refractivity contribution is -0.122. The van der Waals surface area contributed by atoms with Crippen LogP contribution in [0, 0.1) is 12.8 Å². The van der Waals surface area contributed by atoms with Gasteiger partial charge in [0.2, 0.25) is 5.91 Å². The van der Waals surface area contributed by atoms with Gasteiger partial charge < -0.3 is 10.6 Å². The van der Waals surface area contributed by atoms with Crippen molar-refractivity contribution >= 4 is 17.2 Å². The molecule has 0 aliphatic carbocycles. The van der Waals surface area contributed by atoms with Crippen molar-refractivity contribution in [2.45, 2.75) is 64.1 Å². The number of aryl methyl sites for hydroxylation is 1. The molecule has 2 N–H and O–H groups in total. The van der Waals surface area contributed by atoms with Gasteiger partial charge in [-0.05, 0) is 57.6 Å². The molecule has 0 aromatic carbocycles. The molecule has 2 aliphatic rings. The van der Waals surface area contributed by atoms with Crippen molar-refractivity contribution in [1.82, 2.24) is 10.6 Å². The molecule has 3 nitrogen and oxygen atoms in total. The number of hydrogen-bond acceptors (Lipinski definition) is 3. The van der Waals surface area contributed by atoms with Crippen molar-refractivity contribution in [2.75, 3.05) is 0 Å². The summed E-state index contributed by atoms with van der Waals surface area (Å²) in [6.45, 7) is 4.18. The van der Waals surface area contributed by atoms with E-state index in [1.165, 1.54) is 35.4 Å². The van der Waals surface area contributed by atoms with Gasteiger partial charge in [0.1, 0.15) is 0 Å². The SMILES string of the molecule is Cc1ccc(C(C)NC(=O)CC2CC3CCC(C2)N3)s1. The summed E-state index contributed by atoms with van der Waals surface area (Å²) in [5, 5.41) is 6.79. The van der Waals surface area contributed by atoms with Crippen molar-refractivity contribution in [3.63, 3.8) is 0 Å². The number of amides is 1. The molecule has 3 atom stereocenters. The van der Waals surface area contributed by atoms with Gasteiger partial charge in [-0.1, -0.05) is 0 Å². The lowest BCUT2D eigenvalue weighted by Gasteiger charge is -2.29. The molecule has 110 valence electrons. The minimum atomic E-state index is 0.139.